The van der Waals surface area contributed by atoms with Gasteiger partial charge in [-0.1, -0.05) is 12.7 Å². The van der Waals surface area contributed by atoms with Crippen LogP contribution in [0.4, 0.5) is 0 Å². The topological polar surface area (TPSA) is 51.8 Å². The maximum atomic E-state index is 5.21. The summed E-state index contributed by atoms with van der Waals surface area (Å²) in [5.41, 5.74) is 3.05. The van der Waals surface area contributed by atoms with Crippen LogP contribution in [-0.4, -0.2) is 33.5 Å². The predicted octanol–water partition coefficient (Wildman–Crippen LogP) is 3.88. The summed E-state index contributed by atoms with van der Waals surface area (Å²) < 4.78 is 7.69. The van der Waals surface area contributed by atoms with Crippen LogP contribution in [0.25, 0.3) is 11.4 Å². The lowest BCUT2D eigenvalue weighted by molar-refractivity contribution is 0.369. The number of hydrogen-bond acceptors (Lipinski definition) is 4. The van der Waals surface area contributed by atoms with Crippen molar-refractivity contribution in [1.82, 2.24) is 14.6 Å². The van der Waals surface area contributed by atoms with Gasteiger partial charge in [0.2, 0.25) is 0 Å². The van der Waals surface area contributed by atoms with E-state index in [9.17, 15) is 0 Å². The van der Waals surface area contributed by atoms with Gasteiger partial charge in [0.25, 0.3) is 0 Å². The number of nitrogens with zero attached hydrogens (tertiary/aromatic N) is 4. The molecule has 0 saturated heterocycles. The van der Waals surface area contributed by atoms with Crippen molar-refractivity contribution < 1.29 is 4.74 Å². The molecule has 2 heterocycles. The molecule has 0 aliphatic rings. The molecule has 6 heteroatoms. The summed E-state index contributed by atoms with van der Waals surface area (Å²) in [6.45, 7) is 9.92. The Balaban J connectivity index is 2.76. The highest BCUT2D eigenvalue weighted by atomic mass is 79.9. The Labute approximate surface area is 138 Å². The lowest BCUT2D eigenvalue weighted by Gasteiger charge is -2.10. The molecule has 2 rings (SSSR count). The molecule has 0 aliphatic heterocycles. The van der Waals surface area contributed by atoms with Gasteiger partial charge in [-0.2, -0.15) is 5.10 Å². The molecule has 0 spiro atoms. The van der Waals surface area contributed by atoms with E-state index in [1.807, 2.05) is 45.1 Å². The van der Waals surface area contributed by atoms with E-state index in [0.717, 1.165) is 11.4 Å². The molecule has 0 saturated carbocycles. The second-order valence-electron chi connectivity index (χ2n) is 5.00. The van der Waals surface area contributed by atoms with Crippen molar-refractivity contribution in [3.8, 4) is 0 Å². The van der Waals surface area contributed by atoms with Crippen molar-refractivity contribution in [2.24, 2.45) is 4.99 Å². The quantitative estimate of drug-likeness (QED) is 0.598. The Morgan fingerprint density at radius 2 is 2.18 bits per heavy atom. The van der Waals surface area contributed by atoms with E-state index >= 15 is 0 Å². The number of rotatable bonds is 5. The monoisotopic (exact) mass is 362 g/mol. The van der Waals surface area contributed by atoms with Gasteiger partial charge in [-0.25, -0.2) is 9.50 Å². The molecule has 0 unspecified atom stereocenters. The largest absolute Gasteiger partial charge is 0.495 e. The maximum absolute atomic E-state index is 5.21. The van der Waals surface area contributed by atoms with Gasteiger partial charge in [0.1, 0.15) is 16.1 Å². The Morgan fingerprint density at radius 3 is 2.77 bits per heavy atom. The molecule has 0 fully saturated rings. The van der Waals surface area contributed by atoms with Gasteiger partial charge < -0.3 is 4.74 Å². The zero-order valence-electron chi connectivity index (χ0n) is 13.2. The average Bonchev–Trinajstić information content (AvgIpc) is 2.84. The number of aliphatic imine (C=N–C) groups is 1. The van der Waals surface area contributed by atoms with Crippen LogP contribution in [0.5, 0.6) is 0 Å². The molecule has 5 nitrogen and oxygen atoms in total. The van der Waals surface area contributed by atoms with Crippen molar-refractivity contribution in [3.63, 3.8) is 0 Å². The number of hydrogen-bond donors (Lipinski definition) is 0. The zero-order chi connectivity index (χ0) is 16.3. The molecule has 0 aromatic carbocycles. The third-order valence-corrected chi connectivity index (χ3v) is 3.30. The number of fused-ring (bicyclic) bond motifs is 1. The molecule has 0 bridgehead atoms. The minimum Gasteiger partial charge on any atom is -0.495 e. The third kappa shape index (κ3) is 3.44. The second-order valence-corrected chi connectivity index (χ2v) is 5.81. The number of aromatic nitrogens is 3. The van der Waals surface area contributed by atoms with Gasteiger partial charge >= 0.3 is 0 Å². The molecule has 0 N–H and O–H groups in total. The Hall–Kier alpha value is -1.95. The highest BCUT2D eigenvalue weighted by Gasteiger charge is 2.14. The fraction of sp³-hybridized carbons (Fsp3) is 0.312. The molecule has 2 aromatic heterocycles. The van der Waals surface area contributed by atoms with E-state index in [-0.39, 0.29) is 6.04 Å². The standard InChI is InChI=1S/C16H19BrN4O/c1-6-7-12(18-10(2)3)14-8-13(11(4)22-5)19-16-9-15(17)20-21(14)16/h6-10H,4H2,1-3,5H3/b7-6-,18-12?. The van der Waals surface area contributed by atoms with E-state index in [1.165, 1.54) is 0 Å². The molecule has 2 aromatic rings. The van der Waals surface area contributed by atoms with Gasteiger partial charge in [0.05, 0.1) is 18.5 Å². The van der Waals surface area contributed by atoms with Crippen LogP contribution >= 0.6 is 15.9 Å². The van der Waals surface area contributed by atoms with E-state index in [4.69, 9.17) is 4.74 Å². The molecular weight excluding hydrogens is 344 g/mol. The van der Waals surface area contributed by atoms with Crippen molar-refractivity contribution in [3.05, 3.63) is 46.9 Å². The van der Waals surface area contributed by atoms with Crippen LogP contribution in [0.1, 0.15) is 32.2 Å². The smallest absolute Gasteiger partial charge is 0.157 e. The first-order chi connectivity index (χ1) is 10.5. The first-order valence-corrected chi connectivity index (χ1v) is 7.76. The van der Waals surface area contributed by atoms with Gasteiger partial charge in [-0.3, -0.25) is 4.99 Å². The fourth-order valence-electron chi connectivity index (χ4n) is 2.01. The molecule has 0 radical (unpaired) electrons. The summed E-state index contributed by atoms with van der Waals surface area (Å²) in [5, 5.41) is 4.44. The van der Waals surface area contributed by atoms with Crippen LogP contribution in [0.2, 0.25) is 0 Å². The van der Waals surface area contributed by atoms with Gasteiger partial charge in [-0.05, 0) is 48.8 Å². The first-order valence-electron chi connectivity index (χ1n) is 6.96. The lowest BCUT2D eigenvalue weighted by atomic mass is 10.2. The normalized spacial score (nSPS) is 12.5. The van der Waals surface area contributed by atoms with Crippen LogP contribution < -0.4 is 0 Å². The third-order valence-electron chi connectivity index (χ3n) is 2.91. The Bertz CT molecular complexity index is 759. The first kappa shape index (κ1) is 16.4. The summed E-state index contributed by atoms with van der Waals surface area (Å²) in [7, 11) is 1.58. The highest BCUT2D eigenvalue weighted by molar-refractivity contribution is 9.10. The number of allylic oxidation sites excluding steroid dienone is 2. The summed E-state index contributed by atoms with van der Waals surface area (Å²) >= 11 is 3.39. The number of methoxy groups -OCH3 is 1. The van der Waals surface area contributed by atoms with Gasteiger partial charge in [0.15, 0.2) is 5.65 Å². The highest BCUT2D eigenvalue weighted by Crippen LogP contribution is 2.19. The molecule has 0 aliphatic carbocycles. The van der Waals surface area contributed by atoms with Crippen LogP contribution in [0.15, 0.2) is 40.5 Å². The van der Waals surface area contributed by atoms with E-state index in [1.54, 1.807) is 11.6 Å². The summed E-state index contributed by atoms with van der Waals surface area (Å²) in [6, 6.07) is 3.90. The predicted molar refractivity (Wildman–Crippen MR) is 93.2 cm³/mol. The second kappa shape index (κ2) is 6.87. The zero-order valence-corrected chi connectivity index (χ0v) is 14.8. The minimum absolute atomic E-state index is 0.169. The van der Waals surface area contributed by atoms with Crippen molar-refractivity contribution in [2.75, 3.05) is 7.11 Å². The van der Waals surface area contributed by atoms with Crippen LogP contribution in [0, 0.1) is 0 Å². The number of ether oxygens (including phenoxy) is 1. The van der Waals surface area contributed by atoms with Gasteiger partial charge in [-0.15, -0.1) is 0 Å². The van der Waals surface area contributed by atoms with E-state index in [0.29, 0.717) is 21.7 Å². The molecule has 0 amide bonds. The summed E-state index contributed by atoms with van der Waals surface area (Å²) in [6.07, 6.45) is 3.92. The number of halogens is 1. The molecule has 22 heavy (non-hydrogen) atoms. The van der Waals surface area contributed by atoms with Gasteiger partial charge in [0, 0.05) is 12.1 Å². The van der Waals surface area contributed by atoms with E-state index < -0.39 is 0 Å². The van der Waals surface area contributed by atoms with Crippen molar-refractivity contribution in [1.29, 1.82) is 0 Å². The fourth-order valence-corrected chi connectivity index (χ4v) is 2.37. The van der Waals surface area contributed by atoms with E-state index in [2.05, 4.69) is 37.6 Å². The summed E-state index contributed by atoms with van der Waals surface area (Å²) in [5.74, 6) is 0.505. The molecule has 116 valence electrons. The SMILES string of the molecule is C=C(OC)c1cc(C(/C=C\C)=NC(C)C)n2nc(Br)cc2n1. The minimum atomic E-state index is 0.169. The summed E-state index contributed by atoms with van der Waals surface area (Å²) in [4.78, 5) is 9.19. The van der Waals surface area contributed by atoms with Crippen LogP contribution in [-0.2, 0) is 4.74 Å². The molecule has 0 atom stereocenters. The lowest BCUT2D eigenvalue weighted by Crippen LogP contribution is -2.11. The van der Waals surface area contributed by atoms with Crippen molar-refractivity contribution >= 4 is 33.0 Å². The Kier molecular flexibility index (Phi) is 5.13. The average molecular weight is 363 g/mol. The van der Waals surface area contributed by atoms with Crippen molar-refractivity contribution in [2.45, 2.75) is 26.8 Å². The molecular formula is C16H19BrN4O. The Morgan fingerprint density at radius 1 is 1.45 bits per heavy atom. The maximum Gasteiger partial charge on any atom is 0.157 e. The van der Waals surface area contributed by atoms with Crippen LogP contribution in [0.3, 0.4) is 0 Å².